The van der Waals surface area contributed by atoms with Crippen LogP contribution in [-0.4, -0.2) is 31.1 Å². The molecule has 0 aliphatic carbocycles. The Hall–Kier alpha value is -1.30. The normalized spacial score (nSPS) is 10.6. The summed E-state index contributed by atoms with van der Waals surface area (Å²) >= 11 is 9.48. The lowest BCUT2D eigenvalue weighted by Gasteiger charge is -2.22. The quantitative estimate of drug-likeness (QED) is 0.770. The number of benzene rings is 1. The Morgan fingerprint density at radius 2 is 2.24 bits per heavy atom. The summed E-state index contributed by atoms with van der Waals surface area (Å²) in [6.07, 6.45) is 1.58. The highest BCUT2D eigenvalue weighted by atomic mass is 79.9. The molecule has 0 radical (unpaired) electrons. The first kappa shape index (κ1) is 16.1. The lowest BCUT2D eigenvalue weighted by molar-refractivity contribution is 0.0666. The summed E-state index contributed by atoms with van der Waals surface area (Å²) in [5, 5.41) is 0.421. The minimum absolute atomic E-state index is 0.158. The number of furan rings is 1. The van der Waals surface area contributed by atoms with Crippen molar-refractivity contribution < 1.29 is 13.9 Å². The molecule has 21 heavy (non-hydrogen) atoms. The van der Waals surface area contributed by atoms with Crippen molar-refractivity contribution in [2.75, 3.05) is 20.3 Å². The number of halogens is 2. The molecule has 0 spiro atoms. The molecule has 2 aromatic rings. The summed E-state index contributed by atoms with van der Waals surface area (Å²) in [6, 6.07) is 8.83. The summed E-state index contributed by atoms with van der Waals surface area (Å²) in [6.45, 7) is 1.27. The molecule has 0 saturated heterocycles. The van der Waals surface area contributed by atoms with Gasteiger partial charge in [-0.15, -0.1) is 0 Å². The highest BCUT2D eigenvalue weighted by Gasteiger charge is 2.19. The minimum atomic E-state index is -0.158. The first-order valence-electron chi connectivity index (χ1n) is 6.37. The van der Waals surface area contributed by atoms with Crippen LogP contribution >= 0.6 is 27.5 Å². The molecule has 1 amide bonds. The zero-order valence-electron chi connectivity index (χ0n) is 11.5. The Balaban J connectivity index is 2.22. The van der Waals surface area contributed by atoms with Crippen molar-refractivity contribution in [3.8, 4) is 0 Å². The summed E-state index contributed by atoms with van der Waals surface area (Å²) < 4.78 is 11.2. The van der Waals surface area contributed by atoms with Gasteiger partial charge in [-0.05, 0) is 30.3 Å². The zero-order valence-corrected chi connectivity index (χ0v) is 13.9. The van der Waals surface area contributed by atoms with Crippen molar-refractivity contribution in [2.45, 2.75) is 6.54 Å². The van der Waals surface area contributed by atoms with E-state index in [0.29, 0.717) is 36.0 Å². The number of rotatable bonds is 6. The molecule has 0 unspecified atom stereocenters. The monoisotopic (exact) mass is 371 g/mol. The molecule has 6 heteroatoms. The van der Waals surface area contributed by atoms with Gasteiger partial charge in [0, 0.05) is 18.1 Å². The van der Waals surface area contributed by atoms with Gasteiger partial charge in [0.15, 0.2) is 0 Å². The third-order valence-electron chi connectivity index (χ3n) is 2.94. The van der Waals surface area contributed by atoms with Gasteiger partial charge in [0.1, 0.15) is 5.76 Å². The molecule has 2 rings (SSSR count). The van der Waals surface area contributed by atoms with E-state index in [1.165, 1.54) is 0 Å². The van der Waals surface area contributed by atoms with Crippen LogP contribution in [0, 0.1) is 0 Å². The minimum Gasteiger partial charge on any atom is -0.467 e. The van der Waals surface area contributed by atoms with E-state index in [2.05, 4.69) is 15.9 Å². The van der Waals surface area contributed by atoms with E-state index in [1.807, 2.05) is 6.07 Å². The van der Waals surface area contributed by atoms with Crippen LogP contribution in [0.5, 0.6) is 0 Å². The predicted molar refractivity (Wildman–Crippen MR) is 84.5 cm³/mol. The number of hydrogen-bond donors (Lipinski definition) is 0. The number of nitrogens with zero attached hydrogens (tertiary/aromatic N) is 1. The van der Waals surface area contributed by atoms with Gasteiger partial charge in [-0.1, -0.05) is 27.5 Å². The predicted octanol–water partition coefficient (Wildman–Crippen LogP) is 3.98. The zero-order chi connectivity index (χ0) is 15.2. The molecule has 0 fully saturated rings. The Morgan fingerprint density at radius 1 is 1.43 bits per heavy atom. The van der Waals surface area contributed by atoms with Crippen LogP contribution in [-0.2, 0) is 11.3 Å². The van der Waals surface area contributed by atoms with E-state index >= 15 is 0 Å². The maximum Gasteiger partial charge on any atom is 0.255 e. The number of ether oxygens (including phenoxy) is 1. The van der Waals surface area contributed by atoms with Crippen molar-refractivity contribution in [3.05, 3.63) is 57.4 Å². The fraction of sp³-hybridized carbons (Fsp3) is 0.267. The second-order valence-corrected chi connectivity index (χ2v) is 5.75. The lowest BCUT2D eigenvalue weighted by Crippen LogP contribution is -2.33. The van der Waals surface area contributed by atoms with Gasteiger partial charge >= 0.3 is 0 Å². The number of amides is 1. The van der Waals surface area contributed by atoms with Crippen molar-refractivity contribution in [1.82, 2.24) is 4.90 Å². The van der Waals surface area contributed by atoms with E-state index < -0.39 is 0 Å². The summed E-state index contributed by atoms with van der Waals surface area (Å²) in [4.78, 5) is 14.3. The van der Waals surface area contributed by atoms with Gasteiger partial charge < -0.3 is 14.1 Å². The average molecular weight is 373 g/mol. The fourth-order valence-corrected chi connectivity index (χ4v) is 2.44. The van der Waals surface area contributed by atoms with Crippen molar-refractivity contribution in [3.63, 3.8) is 0 Å². The first-order valence-corrected chi connectivity index (χ1v) is 7.54. The largest absolute Gasteiger partial charge is 0.467 e. The van der Waals surface area contributed by atoms with Crippen molar-refractivity contribution in [1.29, 1.82) is 0 Å². The Morgan fingerprint density at radius 3 is 2.90 bits per heavy atom. The van der Waals surface area contributed by atoms with Crippen LogP contribution in [0.2, 0.25) is 5.02 Å². The molecule has 0 N–H and O–H groups in total. The molecule has 112 valence electrons. The Kier molecular flexibility index (Phi) is 5.85. The molecular weight excluding hydrogens is 358 g/mol. The smallest absolute Gasteiger partial charge is 0.255 e. The second kappa shape index (κ2) is 7.64. The van der Waals surface area contributed by atoms with Crippen LogP contribution < -0.4 is 0 Å². The van der Waals surface area contributed by atoms with Crippen LogP contribution in [0.1, 0.15) is 16.1 Å². The van der Waals surface area contributed by atoms with E-state index in [4.69, 9.17) is 20.8 Å². The van der Waals surface area contributed by atoms with Crippen molar-refractivity contribution >= 4 is 33.4 Å². The summed E-state index contributed by atoms with van der Waals surface area (Å²) in [5.74, 6) is 0.556. The SMILES string of the molecule is COCCN(Cc1ccco1)C(=O)c1cc(Br)ccc1Cl. The topological polar surface area (TPSA) is 42.7 Å². The molecule has 1 aromatic carbocycles. The first-order chi connectivity index (χ1) is 10.1. The van der Waals surface area contributed by atoms with Crippen LogP contribution in [0.25, 0.3) is 0 Å². The van der Waals surface area contributed by atoms with Gasteiger partial charge in [-0.2, -0.15) is 0 Å². The van der Waals surface area contributed by atoms with Gasteiger partial charge in [-0.25, -0.2) is 0 Å². The Bertz CT molecular complexity index is 601. The lowest BCUT2D eigenvalue weighted by atomic mass is 10.2. The molecular formula is C15H15BrClNO3. The van der Waals surface area contributed by atoms with Gasteiger partial charge in [0.2, 0.25) is 0 Å². The maximum absolute atomic E-state index is 12.7. The molecule has 1 heterocycles. The maximum atomic E-state index is 12.7. The average Bonchev–Trinajstić information content (AvgIpc) is 2.98. The van der Waals surface area contributed by atoms with Crippen LogP contribution in [0.3, 0.4) is 0 Å². The molecule has 4 nitrogen and oxygen atoms in total. The molecule has 0 aliphatic heterocycles. The molecule has 0 atom stereocenters. The fourth-order valence-electron chi connectivity index (χ4n) is 1.88. The van der Waals surface area contributed by atoms with Crippen molar-refractivity contribution in [2.24, 2.45) is 0 Å². The number of hydrogen-bond acceptors (Lipinski definition) is 3. The second-order valence-electron chi connectivity index (χ2n) is 4.42. The molecule has 0 aliphatic rings. The highest BCUT2D eigenvalue weighted by Crippen LogP contribution is 2.23. The van der Waals surface area contributed by atoms with E-state index in [9.17, 15) is 4.79 Å². The Labute approximate surface area is 136 Å². The summed E-state index contributed by atoms with van der Waals surface area (Å²) in [5.41, 5.74) is 0.453. The van der Waals surface area contributed by atoms with Gasteiger partial charge in [0.05, 0.1) is 30.0 Å². The van der Waals surface area contributed by atoms with E-state index in [1.54, 1.807) is 42.5 Å². The van der Waals surface area contributed by atoms with Gasteiger partial charge in [0.25, 0.3) is 5.91 Å². The highest BCUT2D eigenvalue weighted by molar-refractivity contribution is 9.10. The number of methoxy groups -OCH3 is 1. The summed E-state index contributed by atoms with van der Waals surface area (Å²) in [7, 11) is 1.60. The molecule has 0 bridgehead atoms. The molecule has 0 saturated carbocycles. The molecule has 1 aromatic heterocycles. The van der Waals surface area contributed by atoms with E-state index in [-0.39, 0.29) is 5.91 Å². The van der Waals surface area contributed by atoms with Gasteiger partial charge in [-0.3, -0.25) is 4.79 Å². The third kappa shape index (κ3) is 4.33. The van der Waals surface area contributed by atoms with E-state index in [0.717, 1.165) is 4.47 Å². The standard InChI is InChI=1S/C15H15BrClNO3/c1-20-8-6-18(10-12-3-2-7-21-12)15(19)13-9-11(16)4-5-14(13)17/h2-5,7,9H,6,8,10H2,1H3. The third-order valence-corrected chi connectivity index (χ3v) is 3.76. The van der Waals surface area contributed by atoms with Crippen LogP contribution in [0.4, 0.5) is 0 Å². The number of carbonyl (C=O) groups is 1. The van der Waals surface area contributed by atoms with Crippen LogP contribution in [0.15, 0.2) is 45.5 Å². The number of carbonyl (C=O) groups excluding carboxylic acids is 1.